The molecule has 2 atom stereocenters. The van der Waals surface area contributed by atoms with E-state index < -0.39 is 5.60 Å². The number of hydrogen-bond donors (Lipinski definition) is 1. The minimum atomic E-state index is -0.904. The first-order valence-corrected chi connectivity index (χ1v) is 5.78. The first kappa shape index (κ1) is 12.5. The first-order valence-electron chi connectivity index (χ1n) is 5.78. The van der Waals surface area contributed by atoms with Crippen molar-refractivity contribution in [1.82, 2.24) is 0 Å². The number of carbonyl (C=O) groups is 1. The summed E-state index contributed by atoms with van der Waals surface area (Å²) in [6, 6.07) is 0. The molecular weight excluding hydrogens is 192 g/mol. The number of carbonyl (C=O) groups excluding carboxylic acids is 1. The Hall–Kier alpha value is -0.570. The van der Waals surface area contributed by atoms with Gasteiger partial charge in [0.2, 0.25) is 0 Å². The highest BCUT2D eigenvalue weighted by atomic mass is 16.5. The number of hydrogen-bond acceptors (Lipinski definition) is 3. The highest BCUT2D eigenvalue weighted by Crippen LogP contribution is 2.51. The van der Waals surface area contributed by atoms with Crippen LogP contribution in [0.1, 0.15) is 47.0 Å². The summed E-state index contributed by atoms with van der Waals surface area (Å²) >= 11 is 0. The molecule has 0 spiro atoms. The summed E-state index contributed by atoms with van der Waals surface area (Å²) < 4.78 is 5.02. The van der Waals surface area contributed by atoms with Crippen molar-refractivity contribution in [2.75, 3.05) is 6.61 Å². The van der Waals surface area contributed by atoms with Crippen molar-refractivity contribution in [3.8, 4) is 0 Å². The second-order valence-corrected chi connectivity index (χ2v) is 5.01. The van der Waals surface area contributed by atoms with E-state index in [2.05, 4.69) is 0 Å². The third-order valence-corrected chi connectivity index (χ3v) is 3.92. The molecule has 1 fully saturated rings. The maximum absolute atomic E-state index is 11.7. The van der Waals surface area contributed by atoms with Crippen LogP contribution in [-0.2, 0) is 9.53 Å². The van der Waals surface area contributed by atoms with Gasteiger partial charge in [-0.25, -0.2) is 0 Å². The van der Waals surface area contributed by atoms with Gasteiger partial charge in [-0.05, 0) is 31.6 Å². The average molecular weight is 214 g/mol. The fourth-order valence-electron chi connectivity index (χ4n) is 2.71. The standard InChI is InChI=1S/C12H22O3/c1-5-12(14)9(10(13)15-6-2)7-8-11(12,3)4/h9,14H,5-8H2,1-4H3/t9-,12+/m0/s1. The highest BCUT2D eigenvalue weighted by Gasteiger charge is 2.56. The number of rotatable bonds is 3. The molecule has 1 aliphatic rings. The topological polar surface area (TPSA) is 46.5 Å². The third-order valence-electron chi connectivity index (χ3n) is 3.92. The van der Waals surface area contributed by atoms with Crippen LogP contribution in [0, 0.1) is 11.3 Å². The molecule has 0 amide bonds. The molecule has 0 saturated heterocycles. The van der Waals surface area contributed by atoms with Crippen LogP contribution in [0.15, 0.2) is 0 Å². The smallest absolute Gasteiger partial charge is 0.311 e. The normalized spacial score (nSPS) is 34.1. The molecule has 0 radical (unpaired) electrons. The van der Waals surface area contributed by atoms with Crippen molar-refractivity contribution in [2.24, 2.45) is 11.3 Å². The molecule has 0 unspecified atom stereocenters. The van der Waals surface area contributed by atoms with Crippen LogP contribution in [0.4, 0.5) is 0 Å². The van der Waals surface area contributed by atoms with E-state index in [0.717, 1.165) is 12.8 Å². The number of ether oxygens (including phenoxy) is 1. The zero-order valence-corrected chi connectivity index (χ0v) is 10.2. The predicted octanol–water partition coefficient (Wildman–Crippen LogP) is 2.13. The van der Waals surface area contributed by atoms with Crippen LogP contribution >= 0.6 is 0 Å². The minimum Gasteiger partial charge on any atom is -0.466 e. The van der Waals surface area contributed by atoms with E-state index >= 15 is 0 Å². The molecule has 1 saturated carbocycles. The Labute approximate surface area is 91.8 Å². The molecule has 15 heavy (non-hydrogen) atoms. The highest BCUT2D eigenvalue weighted by molar-refractivity contribution is 5.74. The van der Waals surface area contributed by atoms with Crippen LogP contribution in [0.25, 0.3) is 0 Å². The van der Waals surface area contributed by atoms with E-state index in [1.165, 1.54) is 0 Å². The molecular formula is C12H22O3. The van der Waals surface area contributed by atoms with Gasteiger partial charge in [0.15, 0.2) is 0 Å². The lowest BCUT2D eigenvalue weighted by Gasteiger charge is -2.39. The lowest BCUT2D eigenvalue weighted by atomic mass is 9.72. The monoisotopic (exact) mass is 214 g/mol. The second kappa shape index (κ2) is 4.12. The van der Waals surface area contributed by atoms with Gasteiger partial charge < -0.3 is 9.84 Å². The van der Waals surface area contributed by atoms with Gasteiger partial charge in [-0.2, -0.15) is 0 Å². The molecule has 0 aromatic rings. The molecule has 0 aromatic carbocycles. The number of esters is 1. The lowest BCUT2D eigenvalue weighted by molar-refractivity contribution is -0.162. The summed E-state index contributed by atoms with van der Waals surface area (Å²) in [5.41, 5.74) is -1.10. The van der Waals surface area contributed by atoms with Gasteiger partial charge in [0.1, 0.15) is 0 Å². The zero-order valence-electron chi connectivity index (χ0n) is 10.2. The van der Waals surface area contributed by atoms with Crippen LogP contribution in [0.3, 0.4) is 0 Å². The maximum atomic E-state index is 11.7. The summed E-state index contributed by atoms with van der Waals surface area (Å²) in [4.78, 5) is 11.7. The SMILES string of the molecule is CCOC(=O)[C@@H]1CCC(C)(C)[C@@]1(O)CC. The average Bonchev–Trinajstić information content (AvgIpc) is 2.40. The maximum Gasteiger partial charge on any atom is 0.311 e. The fourth-order valence-corrected chi connectivity index (χ4v) is 2.71. The second-order valence-electron chi connectivity index (χ2n) is 5.01. The molecule has 0 heterocycles. The van der Waals surface area contributed by atoms with Crippen molar-refractivity contribution < 1.29 is 14.6 Å². The van der Waals surface area contributed by atoms with Crippen molar-refractivity contribution in [2.45, 2.75) is 52.6 Å². The summed E-state index contributed by atoms with van der Waals surface area (Å²) in [6.07, 6.45) is 2.21. The van der Waals surface area contributed by atoms with E-state index in [1.807, 2.05) is 20.8 Å². The molecule has 1 rings (SSSR count). The van der Waals surface area contributed by atoms with E-state index in [0.29, 0.717) is 13.0 Å². The Bertz CT molecular complexity index is 247. The zero-order chi connectivity index (χ0) is 11.7. The molecule has 0 aliphatic heterocycles. The molecule has 3 nitrogen and oxygen atoms in total. The van der Waals surface area contributed by atoms with Gasteiger partial charge in [0.25, 0.3) is 0 Å². The van der Waals surface area contributed by atoms with Gasteiger partial charge in [-0.3, -0.25) is 4.79 Å². The Kier molecular flexibility index (Phi) is 3.44. The van der Waals surface area contributed by atoms with Crippen LogP contribution in [0.2, 0.25) is 0 Å². The van der Waals surface area contributed by atoms with Crippen LogP contribution < -0.4 is 0 Å². The van der Waals surface area contributed by atoms with Crippen LogP contribution in [0.5, 0.6) is 0 Å². The third kappa shape index (κ3) is 1.89. The molecule has 1 aliphatic carbocycles. The Morgan fingerprint density at radius 1 is 1.47 bits per heavy atom. The Balaban J connectivity index is 2.88. The van der Waals surface area contributed by atoms with E-state index in [1.54, 1.807) is 6.92 Å². The quantitative estimate of drug-likeness (QED) is 0.732. The van der Waals surface area contributed by atoms with Crippen molar-refractivity contribution in [3.05, 3.63) is 0 Å². The molecule has 0 aromatic heterocycles. The van der Waals surface area contributed by atoms with Gasteiger partial charge >= 0.3 is 5.97 Å². The van der Waals surface area contributed by atoms with Crippen LogP contribution in [-0.4, -0.2) is 23.3 Å². The van der Waals surface area contributed by atoms with Gasteiger partial charge in [0, 0.05) is 0 Å². The summed E-state index contributed by atoms with van der Waals surface area (Å²) in [6.45, 7) is 8.16. The van der Waals surface area contributed by atoms with Crippen molar-refractivity contribution >= 4 is 5.97 Å². The largest absolute Gasteiger partial charge is 0.466 e. The minimum absolute atomic E-state index is 0.195. The molecule has 1 N–H and O–H groups in total. The van der Waals surface area contributed by atoms with Gasteiger partial charge in [-0.15, -0.1) is 0 Å². The van der Waals surface area contributed by atoms with E-state index in [-0.39, 0.29) is 17.3 Å². The molecule has 88 valence electrons. The summed E-state index contributed by atoms with van der Waals surface area (Å²) in [5, 5.41) is 10.6. The Morgan fingerprint density at radius 3 is 2.53 bits per heavy atom. The van der Waals surface area contributed by atoms with Gasteiger partial charge in [-0.1, -0.05) is 20.8 Å². The van der Waals surface area contributed by atoms with Crippen molar-refractivity contribution in [3.63, 3.8) is 0 Å². The lowest BCUT2D eigenvalue weighted by Crippen LogP contribution is -2.47. The van der Waals surface area contributed by atoms with Crippen molar-refractivity contribution in [1.29, 1.82) is 0 Å². The first-order chi connectivity index (χ1) is 6.89. The predicted molar refractivity (Wildman–Crippen MR) is 58.4 cm³/mol. The summed E-state index contributed by atoms with van der Waals surface area (Å²) in [7, 11) is 0. The van der Waals surface area contributed by atoms with E-state index in [9.17, 15) is 9.90 Å². The molecule has 3 heteroatoms. The Morgan fingerprint density at radius 2 is 2.07 bits per heavy atom. The van der Waals surface area contributed by atoms with Gasteiger partial charge in [0.05, 0.1) is 18.1 Å². The summed E-state index contributed by atoms with van der Waals surface area (Å²) in [5.74, 6) is -0.593. The molecule has 0 bridgehead atoms. The number of aliphatic hydroxyl groups is 1. The fraction of sp³-hybridized carbons (Fsp3) is 0.917. The van der Waals surface area contributed by atoms with E-state index in [4.69, 9.17) is 4.74 Å².